The molecule has 1 atom stereocenters. The maximum absolute atomic E-state index is 12.6. The van der Waals surface area contributed by atoms with Gasteiger partial charge in [-0.2, -0.15) is 0 Å². The minimum absolute atomic E-state index is 0.141. The highest BCUT2D eigenvalue weighted by Crippen LogP contribution is 2.17. The zero-order chi connectivity index (χ0) is 15.4. The maximum atomic E-state index is 12.6. The van der Waals surface area contributed by atoms with E-state index in [1.165, 1.54) is 0 Å². The van der Waals surface area contributed by atoms with Gasteiger partial charge in [0, 0.05) is 50.5 Å². The number of anilines is 1. The molecule has 0 unspecified atom stereocenters. The average Bonchev–Trinajstić information content (AvgIpc) is 2.46. The van der Waals surface area contributed by atoms with E-state index in [2.05, 4.69) is 38.0 Å². The summed E-state index contributed by atoms with van der Waals surface area (Å²) in [6, 6.07) is 8.24. The van der Waals surface area contributed by atoms with Gasteiger partial charge in [-0.15, -0.1) is 0 Å². The lowest BCUT2D eigenvalue weighted by Gasteiger charge is -2.34. The minimum Gasteiger partial charge on any atom is -0.374 e. The van der Waals surface area contributed by atoms with E-state index in [0.29, 0.717) is 5.92 Å². The van der Waals surface area contributed by atoms with E-state index < -0.39 is 0 Å². The van der Waals surface area contributed by atoms with Crippen LogP contribution >= 0.6 is 0 Å². The molecule has 21 heavy (non-hydrogen) atoms. The van der Waals surface area contributed by atoms with Crippen molar-refractivity contribution in [3.63, 3.8) is 0 Å². The molecular weight excluding hydrogens is 262 g/mol. The van der Waals surface area contributed by atoms with Crippen molar-refractivity contribution in [2.45, 2.75) is 26.8 Å². The molecule has 116 valence electrons. The van der Waals surface area contributed by atoms with Gasteiger partial charge in [0.2, 0.25) is 0 Å². The van der Waals surface area contributed by atoms with Crippen molar-refractivity contribution >= 4 is 11.6 Å². The molecule has 1 heterocycles. The van der Waals surface area contributed by atoms with Gasteiger partial charge in [0.25, 0.3) is 5.91 Å². The Morgan fingerprint density at radius 3 is 2.62 bits per heavy atom. The number of carbonyl (C=O) groups excluding carboxylic acids is 1. The molecule has 0 aromatic heterocycles. The van der Waals surface area contributed by atoms with Crippen molar-refractivity contribution in [3.8, 4) is 0 Å². The molecule has 1 aliphatic heterocycles. The Kier molecular flexibility index (Phi) is 5.23. The fraction of sp³-hybridized carbons (Fsp3) is 0.588. The van der Waals surface area contributed by atoms with E-state index in [4.69, 9.17) is 0 Å². The van der Waals surface area contributed by atoms with Crippen molar-refractivity contribution < 1.29 is 4.79 Å². The van der Waals surface area contributed by atoms with Crippen LogP contribution in [0, 0.1) is 5.92 Å². The van der Waals surface area contributed by atoms with E-state index in [-0.39, 0.29) is 11.9 Å². The van der Waals surface area contributed by atoms with Crippen LogP contribution in [0.25, 0.3) is 0 Å². The molecule has 1 aromatic rings. The average molecular weight is 289 g/mol. The molecule has 1 N–H and O–H groups in total. The van der Waals surface area contributed by atoms with Crippen LogP contribution in [0.4, 0.5) is 5.69 Å². The molecule has 4 nitrogen and oxygen atoms in total. The number of nitrogens with zero attached hydrogens (tertiary/aromatic N) is 2. The van der Waals surface area contributed by atoms with Crippen molar-refractivity contribution in [1.29, 1.82) is 0 Å². The van der Waals surface area contributed by atoms with Crippen molar-refractivity contribution in [3.05, 3.63) is 29.8 Å². The highest BCUT2D eigenvalue weighted by molar-refractivity contribution is 5.94. The number of piperazine rings is 1. The van der Waals surface area contributed by atoms with E-state index in [9.17, 15) is 4.79 Å². The lowest BCUT2D eigenvalue weighted by atomic mass is 10.1. The van der Waals surface area contributed by atoms with Crippen LogP contribution in [-0.2, 0) is 0 Å². The van der Waals surface area contributed by atoms with Crippen LogP contribution < -0.4 is 10.2 Å². The second-order valence-electron chi connectivity index (χ2n) is 6.37. The number of benzene rings is 1. The zero-order valence-corrected chi connectivity index (χ0v) is 13.6. The molecule has 1 aromatic carbocycles. The summed E-state index contributed by atoms with van der Waals surface area (Å²) in [6.45, 7) is 10.1. The summed E-state index contributed by atoms with van der Waals surface area (Å²) < 4.78 is 0. The molecule has 1 amide bonds. The molecule has 0 saturated carbocycles. The third-order valence-corrected chi connectivity index (χ3v) is 3.96. The molecule has 0 spiro atoms. The van der Waals surface area contributed by atoms with Gasteiger partial charge in [0.05, 0.1) is 0 Å². The zero-order valence-electron chi connectivity index (χ0n) is 13.6. The third-order valence-electron chi connectivity index (χ3n) is 3.96. The molecular formula is C17H27N3O. The van der Waals surface area contributed by atoms with Gasteiger partial charge >= 0.3 is 0 Å². The maximum Gasteiger partial charge on any atom is 0.254 e. The predicted molar refractivity (Wildman–Crippen MR) is 87.9 cm³/mol. The fourth-order valence-corrected chi connectivity index (χ4v) is 2.82. The Balaban J connectivity index is 2.06. The number of carbonyl (C=O) groups is 1. The lowest BCUT2D eigenvalue weighted by molar-refractivity contribution is 0.0656. The summed E-state index contributed by atoms with van der Waals surface area (Å²) in [4.78, 5) is 16.7. The molecule has 0 radical (unpaired) electrons. The molecule has 0 bridgehead atoms. The lowest BCUT2D eigenvalue weighted by Crippen LogP contribution is -2.52. The van der Waals surface area contributed by atoms with Crippen LogP contribution in [0.15, 0.2) is 24.3 Å². The monoisotopic (exact) mass is 289 g/mol. The third kappa shape index (κ3) is 3.97. The van der Waals surface area contributed by atoms with Crippen LogP contribution in [0.5, 0.6) is 0 Å². The summed E-state index contributed by atoms with van der Waals surface area (Å²) in [7, 11) is 2.09. The second-order valence-corrected chi connectivity index (χ2v) is 6.37. The highest BCUT2D eigenvalue weighted by atomic mass is 16.2. The van der Waals surface area contributed by atoms with Gasteiger partial charge in [0.1, 0.15) is 0 Å². The van der Waals surface area contributed by atoms with Gasteiger partial charge in [0.15, 0.2) is 0 Å². The van der Waals surface area contributed by atoms with Gasteiger partial charge in [-0.1, -0.05) is 13.8 Å². The standard InChI is InChI=1S/C17H27N3O/c1-13(2)12-19(4)16-7-5-15(6-8-16)17(21)20-10-9-18-11-14(20)3/h5-8,13-14,18H,9-12H2,1-4H3/t14-/m0/s1. The van der Waals surface area contributed by atoms with Crippen molar-refractivity contribution in [1.82, 2.24) is 10.2 Å². The first-order valence-corrected chi connectivity index (χ1v) is 7.82. The Morgan fingerprint density at radius 1 is 1.38 bits per heavy atom. The molecule has 0 aliphatic carbocycles. The van der Waals surface area contributed by atoms with Gasteiger partial charge in [-0.25, -0.2) is 0 Å². The predicted octanol–water partition coefficient (Wildman–Crippen LogP) is 2.21. The molecule has 1 saturated heterocycles. The Hall–Kier alpha value is -1.55. The van der Waals surface area contributed by atoms with Gasteiger partial charge < -0.3 is 15.1 Å². The topological polar surface area (TPSA) is 35.6 Å². The van der Waals surface area contributed by atoms with Crippen LogP contribution in [0.1, 0.15) is 31.1 Å². The first kappa shape index (κ1) is 15.8. The summed E-state index contributed by atoms with van der Waals surface area (Å²) in [5, 5.41) is 3.31. The Bertz CT molecular complexity index is 469. The van der Waals surface area contributed by atoms with Crippen LogP contribution in [0.3, 0.4) is 0 Å². The van der Waals surface area contributed by atoms with E-state index >= 15 is 0 Å². The normalized spacial score (nSPS) is 18.9. The number of hydrogen-bond acceptors (Lipinski definition) is 3. The highest BCUT2D eigenvalue weighted by Gasteiger charge is 2.23. The molecule has 1 aliphatic rings. The molecule has 4 heteroatoms. The summed E-state index contributed by atoms with van der Waals surface area (Å²) in [5.41, 5.74) is 1.94. The first-order chi connectivity index (χ1) is 9.99. The summed E-state index contributed by atoms with van der Waals surface area (Å²) in [5.74, 6) is 0.764. The van der Waals surface area contributed by atoms with E-state index in [0.717, 1.165) is 37.4 Å². The Morgan fingerprint density at radius 2 is 2.05 bits per heavy atom. The van der Waals surface area contributed by atoms with E-state index in [1.54, 1.807) is 0 Å². The van der Waals surface area contributed by atoms with Gasteiger partial charge in [-0.3, -0.25) is 4.79 Å². The first-order valence-electron chi connectivity index (χ1n) is 7.82. The van der Waals surface area contributed by atoms with Gasteiger partial charge in [-0.05, 0) is 37.1 Å². The number of hydrogen-bond donors (Lipinski definition) is 1. The number of rotatable bonds is 4. The number of amides is 1. The van der Waals surface area contributed by atoms with Crippen molar-refractivity contribution in [2.24, 2.45) is 5.92 Å². The summed E-state index contributed by atoms with van der Waals surface area (Å²) >= 11 is 0. The molecule has 2 rings (SSSR count). The summed E-state index contributed by atoms with van der Waals surface area (Å²) in [6.07, 6.45) is 0. The smallest absolute Gasteiger partial charge is 0.254 e. The molecule has 1 fully saturated rings. The SMILES string of the molecule is CC(C)CN(C)c1ccc(C(=O)N2CCNC[C@@H]2C)cc1. The van der Waals surface area contributed by atoms with E-state index in [1.807, 2.05) is 29.2 Å². The van der Waals surface area contributed by atoms with Crippen molar-refractivity contribution in [2.75, 3.05) is 38.1 Å². The fourth-order valence-electron chi connectivity index (χ4n) is 2.82. The quantitative estimate of drug-likeness (QED) is 0.923. The van der Waals surface area contributed by atoms with Crippen LogP contribution in [0.2, 0.25) is 0 Å². The second kappa shape index (κ2) is 6.94. The van der Waals surface area contributed by atoms with Crippen LogP contribution in [-0.4, -0.2) is 50.1 Å². The number of nitrogens with one attached hydrogen (secondary N) is 1. The largest absolute Gasteiger partial charge is 0.374 e. The minimum atomic E-state index is 0.141. The Labute approximate surface area is 128 Å².